The minimum Gasteiger partial charge on any atom is -0.414 e. The Kier molecular flexibility index (Phi) is 17.1. The molecule has 10 nitrogen and oxygen atoms in total. The zero-order chi connectivity index (χ0) is 45.1. The summed E-state index contributed by atoms with van der Waals surface area (Å²) in [5, 5.41) is 0.0172. The lowest BCUT2D eigenvalue weighted by Gasteiger charge is -2.42. The molecule has 0 unspecified atom stereocenters. The van der Waals surface area contributed by atoms with Crippen molar-refractivity contribution in [2.45, 2.75) is 203 Å². The van der Waals surface area contributed by atoms with E-state index < -0.39 is 50.7 Å². The van der Waals surface area contributed by atoms with Crippen LogP contribution in [0.4, 0.5) is 0 Å². The summed E-state index contributed by atoms with van der Waals surface area (Å²) >= 11 is 0. The van der Waals surface area contributed by atoms with Crippen LogP contribution in [-0.2, 0) is 47.1 Å². The maximum Gasteiger partial charge on any atom is 0.192 e. The second-order valence-electron chi connectivity index (χ2n) is 21.6. The molecule has 61 heavy (non-hydrogen) atoms. The van der Waals surface area contributed by atoms with Gasteiger partial charge in [0.25, 0.3) is 0 Å². The molecule has 0 radical (unpaired) electrons. The van der Waals surface area contributed by atoms with Gasteiger partial charge in [-0.3, -0.25) is 0 Å². The third kappa shape index (κ3) is 13.2. The van der Waals surface area contributed by atoms with E-state index in [9.17, 15) is 8.42 Å². The van der Waals surface area contributed by atoms with Gasteiger partial charge in [0.1, 0.15) is 0 Å². The second-order valence-corrected chi connectivity index (χ2v) is 33.2. The van der Waals surface area contributed by atoms with Crippen LogP contribution in [0.1, 0.15) is 105 Å². The lowest BCUT2D eigenvalue weighted by molar-refractivity contribution is -0.0791. The van der Waals surface area contributed by atoms with Crippen molar-refractivity contribution >= 4 is 26.5 Å². The molecule has 0 amide bonds. The highest BCUT2D eigenvalue weighted by atomic mass is 32.2. The van der Waals surface area contributed by atoms with Crippen LogP contribution in [0.3, 0.4) is 0 Å². The molecule has 0 aromatic heterocycles. The fourth-order valence-electron chi connectivity index (χ4n) is 8.77. The van der Waals surface area contributed by atoms with Gasteiger partial charge in [0.15, 0.2) is 32.8 Å². The number of sulfone groups is 1. The van der Waals surface area contributed by atoms with Crippen LogP contribution >= 0.6 is 0 Å². The van der Waals surface area contributed by atoms with Crippen LogP contribution in [-0.4, -0.2) is 113 Å². The fourth-order valence-corrected chi connectivity index (χ4v) is 12.8. The van der Waals surface area contributed by atoms with Gasteiger partial charge in [0.2, 0.25) is 0 Å². The molecule has 4 aliphatic heterocycles. The number of ether oxygens (including phenoxy) is 6. The second kappa shape index (κ2) is 20.5. The first-order chi connectivity index (χ1) is 28.3. The van der Waals surface area contributed by atoms with Crippen LogP contribution in [0.5, 0.6) is 0 Å². The van der Waals surface area contributed by atoms with Crippen molar-refractivity contribution in [1.29, 1.82) is 0 Å². The maximum absolute atomic E-state index is 14.2. The summed E-state index contributed by atoms with van der Waals surface area (Å²) in [4.78, 5) is 0.308. The summed E-state index contributed by atoms with van der Waals surface area (Å²) < 4.78 is 80.6. The molecule has 1 aromatic rings. The van der Waals surface area contributed by atoms with E-state index in [-0.39, 0.29) is 58.6 Å². The molecule has 0 spiro atoms. The number of methoxy groups -OCH3 is 1. The predicted octanol–water partition coefficient (Wildman–Crippen LogP) is 10.4. The van der Waals surface area contributed by atoms with E-state index >= 15 is 0 Å². The van der Waals surface area contributed by atoms with Gasteiger partial charge in [-0.1, -0.05) is 79.3 Å². The van der Waals surface area contributed by atoms with Gasteiger partial charge in [-0.05, 0) is 104 Å². The minimum absolute atomic E-state index is 0.00116. The quantitative estimate of drug-likeness (QED) is 0.0984. The molecule has 1 aromatic carbocycles. The average molecular weight is 907 g/mol. The minimum atomic E-state index is -3.70. The molecule has 4 saturated heterocycles. The van der Waals surface area contributed by atoms with Crippen LogP contribution in [0.15, 0.2) is 53.5 Å². The third-order valence-electron chi connectivity index (χ3n) is 14.8. The molecule has 4 aliphatic rings. The largest absolute Gasteiger partial charge is 0.414 e. The molecule has 4 fully saturated rings. The Morgan fingerprint density at radius 3 is 2.03 bits per heavy atom. The first-order valence-electron chi connectivity index (χ1n) is 23.0. The highest BCUT2D eigenvalue weighted by molar-refractivity contribution is 7.91. The molecule has 13 heteroatoms. The van der Waals surface area contributed by atoms with Crippen molar-refractivity contribution in [3.8, 4) is 0 Å². The molecule has 5 rings (SSSR count). The van der Waals surface area contributed by atoms with E-state index in [2.05, 4.69) is 87.8 Å². The number of rotatable bonds is 19. The van der Waals surface area contributed by atoms with Gasteiger partial charge in [0.05, 0.1) is 79.3 Å². The van der Waals surface area contributed by atoms with Crippen molar-refractivity contribution in [2.75, 3.05) is 32.7 Å². The van der Waals surface area contributed by atoms with E-state index in [0.29, 0.717) is 37.6 Å². The first-order valence-corrected chi connectivity index (χ1v) is 30.5. The number of hydrogen-bond acceptors (Lipinski definition) is 10. The molecule has 348 valence electrons. The normalized spacial score (nSPS) is 30.4. The van der Waals surface area contributed by atoms with Crippen LogP contribution in [0.2, 0.25) is 36.3 Å². The van der Waals surface area contributed by atoms with Crippen molar-refractivity contribution in [3.63, 3.8) is 0 Å². The zero-order valence-electron chi connectivity index (χ0n) is 40.1. The van der Waals surface area contributed by atoms with E-state index in [1.54, 1.807) is 19.2 Å². The fraction of sp³-hybridized carbons (Fsp3) is 0.792. The van der Waals surface area contributed by atoms with Crippen molar-refractivity contribution in [3.05, 3.63) is 54.1 Å². The lowest BCUT2D eigenvalue weighted by atomic mass is 9.83. The van der Waals surface area contributed by atoms with E-state index in [4.69, 9.17) is 37.3 Å². The van der Waals surface area contributed by atoms with Crippen LogP contribution in [0, 0.1) is 18.8 Å². The smallest absolute Gasteiger partial charge is 0.192 e. The van der Waals surface area contributed by atoms with Gasteiger partial charge in [0, 0.05) is 32.3 Å². The summed E-state index contributed by atoms with van der Waals surface area (Å²) in [6.45, 7) is 37.4. The summed E-state index contributed by atoms with van der Waals surface area (Å²) in [6, 6.07) is 7.12. The van der Waals surface area contributed by atoms with E-state index in [0.717, 1.165) is 55.2 Å². The Hall–Kier alpha value is -1.24. The monoisotopic (exact) mass is 907 g/mol. The SMILES string of the molecule is C=C1C[C@H](CCC2OCCO2)O[C@H]1CC[C@H]1C[C@H](C)C(=C)[C@@H](C[C@@H]2O[C@H](C[C@@H](CO[Si](C)(C)C(C)(C)C)O[Si](C)(C)C(C)(C)C)[C@H](OC)[C@H]2CS(=O)(=O)c2ccc(C)cc2)O1. The standard InChI is InChI=1S/C48H82O10SSi2/c1-32-16-20-39(21-17-32)59(49,50)31-40-43(57-44(46(40)51-11)28-38(58-61(14,15)48(8,9)10)30-54-60(12,13)47(5,6)7)29-42-35(4)33(2)26-36(56-42)18-22-41-34(3)27-37(55-41)19-23-45-52-24-25-53-45/h16-17,20-21,33,36-38,40-46H,3-4,18-19,22-31H2,1-2,5-15H3/t33-,36-,37-,38-,40-,41-,42+,43-,44+,46+/m0/s1. The summed E-state index contributed by atoms with van der Waals surface area (Å²) in [5.74, 6) is -0.324. The van der Waals surface area contributed by atoms with Gasteiger partial charge in [-0.15, -0.1) is 0 Å². The Labute approximate surface area is 372 Å². The molecular weight excluding hydrogens is 825 g/mol. The maximum atomic E-state index is 14.2. The predicted molar refractivity (Wildman–Crippen MR) is 249 cm³/mol. The molecule has 0 N–H and O–H groups in total. The van der Waals surface area contributed by atoms with Crippen LogP contribution in [0.25, 0.3) is 0 Å². The highest BCUT2D eigenvalue weighted by Gasteiger charge is 2.50. The van der Waals surface area contributed by atoms with E-state index in [1.807, 2.05) is 19.1 Å². The first kappa shape index (κ1) is 50.8. The Morgan fingerprint density at radius 1 is 0.820 bits per heavy atom. The number of aryl methyl sites for hydroxylation is 1. The van der Waals surface area contributed by atoms with Crippen LogP contribution < -0.4 is 0 Å². The Balaban J connectivity index is 1.35. The molecule has 0 bridgehead atoms. The summed E-state index contributed by atoms with van der Waals surface area (Å²) in [5.41, 5.74) is 3.17. The molecule has 4 heterocycles. The topological polar surface area (TPSA) is 108 Å². The van der Waals surface area contributed by atoms with E-state index in [1.165, 1.54) is 0 Å². The number of hydrogen-bond donors (Lipinski definition) is 0. The highest BCUT2D eigenvalue weighted by Crippen LogP contribution is 2.44. The van der Waals surface area contributed by atoms with Gasteiger partial charge in [-0.2, -0.15) is 0 Å². The lowest BCUT2D eigenvalue weighted by Crippen LogP contribution is -2.49. The Morgan fingerprint density at radius 2 is 1.43 bits per heavy atom. The zero-order valence-corrected chi connectivity index (χ0v) is 42.9. The van der Waals surface area contributed by atoms with Crippen molar-refractivity contribution < 1.29 is 45.7 Å². The molecule has 10 atom stereocenters. The molecular formula is C48H82O10SSi2. The van der Waals surface area contributed by atoms with Gasteiger partial charge < -0.3 is 37.3 Å². The number of benzene rings is 1. The van der Waals surface area contributed by atoms with Crippen molar-refractivity contribution in [2.24, 2.45) is 11.8 Å². The Bertz CT molecular complexity index is 1710. The molecule has 0 saturated carbocycles. The summed E-state index contributed by atoms with van der Waals surface area (Å²) in [6.07, 6.45) is 4.20. The van der Waals surface area contributed by atoms with Gasteiger partial charge >= 0.3 is 0 Å². The van der Waals surface area contributed by atoms with Gasteiger partial charge in [-0.25, -0.2) is 8.42 Å². The summed E-state index contributed by atoms with van der Waals surface area (Å²) in [7, 11) is -6.38. The average Bonchev–Trinajstić information content (AvgIpc) is 3.88. The van der Waals surface area contributed by atoms with Crippen molar-refractivity contribution in [1.82, 2.24) is 0 Å². The molecule has 0 aliphatic carbocycles. The third-order valence-corrected chi connectivity index (χ3v) is 25.7.